The van der Waals surface area contributed by atoms with Crippen LogP contribution in [-0.4, -0.2) is 49.8 Å². The van der Waals surface area contributed by atoms with Gasteiger partial charge in [0.1, 0.15) is 4.90 Å². The number of nitrogens with zero attached hydrogens (tertiary/aromatic N) is 1. The van der Waals surface area contributed by atoms with Crippen LogP contribution in [0.5, 0.6) is 0 Å². The first-order chi connectivity index (χ1) is 15.2. The Hall–Kier alpha value is -2.65. The van der Waals surface area contributed by atoms with E-state index >= 15 is 0 Å². The van der Waals surface area contributed by atoms with Crippen molar-refractivity contribution < 1.29 is 18.0 Å². The highest BCUT2D eigenvalue weighted by molar-refractivity contribution is 7.89. The SMILES string of the molecule is Cc1ccc(CNC(=O)CCNS(=O)(=O)c2c(C)[nH]c(C)c2C(=O)N2CCCCC2)cc1. The number of carbonyl (C=O) groups is 2. The summed E-state index contributed by atoms with van der Waals surface area (Å²) in [4.78, 5) is 29.9. The molecule has 174 valence electrons. The van der Waals surface area contributed by atoms with Crippen LogP contribution in [0.3, 0.4) is 0 Å². The van der Waals surface area contributed by atoms with Gasteiger partial charge in [-0.15, -0.1) is 0 Å². The van der Waals surface area contributed by atoms with Crippen LogP contribution >= 0.6 is 0 Å². The number of rotatable bonds is 8. The average molecular weight is 461 g/mol. The number of hydrogen-bond donors (Lipinski definition) is 3. The van der Waals surface area contributed by atoms with Crippen molar-refractivity contribution in [1.29, 1.82) is 0 Å². The highest BCUT2D eigenvalue weighted by Crippen LogP contribution is 2.26. The molecule has 1 aliphatic heterocycles. The van der Waals surface area contributed by atoms with Gasteiger partial charge in [0.2, 0.25) is 15.9 Å². The summed E-state index contributed by atoms with van der Waals surface area (Å²) in [6.45, 7) is 6.95. The van der Waals surface area contributed by atoms with Crippen LogP contribution in [-0.2, 0) is 21.4 Å². The molecular weight excluding hydrogens is 428 g/mol. The summed E-state index contributed by atoms with van der Waals surface area (Å²) in [6.07, 6.45) is 2.93. The molecule has 9 heteroatoms. The molecule has 3 N–H and O–H groups in total. The molecule has 8 nitrogen and oxygen atoms in total. The minimum atomic E-state index is -3.96. The van der Waals surface area contributed by atoms with Gasteiger partial charge in [-0.25, -0.2) is 13.1 Å². The third kappa shape index (κ3) is 5.77. The van der Waals surface area contributed by atoms with E-state index in [2.05, 4.69) is 15.0 Å². The molecule has 0 atom stereocenters. The van der Waals surface area contributed by atoms with E-state index in [1.807, 2.05) is 31.2 Å². The van der Waals surface area contributed by atoms with E-state index in [1.54, 1.807) is 18.7 Å². The minimum absolute atomic E-state index is 0.00293. The number of carbonyl (C=O) groups excluding carboxylic acids is 2. The zero-order valence-electron chi connectivity index (χ0n) is 19.0. The molecule has 32 heavy (non-hydrogen) atoms. The van der Waals surface area contributed by atoms with E-state index in [0.717, 1.165) is 30.4 Å². The third-order valence-electron chi connectivity index (χ3n) is 5.70. The van der Waals surface area contributed by atoms with Crippen LogP contribution in [0.4, 0.5) is 0 Å². The lowest BCUT2D eigenvalue weighted by molar-refractivity contribution is -0.121. The van der Waals surface area contributed by atoms with Gasteiger partial charge in [0.25, 0.3) is 5.91 Å². The predicted octanol–water partition coefficient (Wildman–Crippen LogP) is 2.55. The van der Waals surface area contributed by atoms with Gasteiger partial charge < -0.3 is 15.2 Å². The second kappa shape index (κ2) is 10.3. The molecular formula is C23H32N4O4S. The van der Waals surface area contributed by atoms with Crippen molar-refractivity contribution >= 4 is 21.8 Å². The Balaban J connectivity index is 1.62. The summed E-state index contributed by atoms with van der Waals surface area (Å²) in [5, 5.41) is 2.79. The molecule has 0 radical (unpaired) electrons. The smallest absolute Gasteiger partial charge is 0.257 e. The lowest BCUT2D eigenvalue weighted by Gasteiger charge is -2.27. The van der Waals surface area contributed by atoms with Crippen LogP contribution in [0.25, 0.3) is 0 Å². The highest BCUT2D eigenvalue weighted by Gasteiger charge is 2.31. The number of H-pyrrole nitrogens is 1. The van der Waals surface area contributed by atoms with Crippen molar-refractivity contribution in [3.63, 3.8) is 0 Å². The molecule has 0 aliphatic carbocycles. The van der Waals surface area contributed by atoms with Crippen LogP contribution in [0.1, 0.15) is 58.6 Å². The largest absolute Gasteiger partial charge is 0.361 e. The number of nitrogens with one attached hydrogen (secondary N) is 3. The Kier molecular flexibility index (Phi) is 7.73. The number of amides is 2. The van der Waals surface area contributed by atoms with E-state index in [9.17, 15) is 18.0 Å². The summed E-state index contributed by atoms with van der Waals surface area (Å²) in [7, 11) is -3.96. The molecule has 0 unspecified atom stereocenters. The zero-order chi connectivity index (χ0) is 23.3. The second-order valence-corrected chi connectivity index (χ2v) is 10.0. The Labute approximate surface area is 189 Å². The molecule has 0 bridgehead atoms. The summed E-state index contributed by atoms with van der Waals surface area (Å²) < 4.78 is 28.6. The summed E-state index contributed by atoms with van der Waals surface area (Å²) in [6, 6.07) is 7.83. The van der Waals surface area contributed by atoms with Crippen molar-refractivity contribution in [2.45, 2.75) is 57.9 Å². The predicted molar refractivity (Wildman–Crippen MR) is 123 cm³/mol. The van der Waals surface area contributed by atoms with Gasteiger partial charge >= 0.3 is 0 Å². The molecule has 2 heterocycles. The number of aromatic amines is 1. The van der Waals surface area contributed by atoms with Crippen LogP contribution in [0.2, 0.25) is 0 Å². The number of piperidine rings is 1. The first-order valence-electron chi connectivity index (χ1n) is 11.0. The fourth-order valence-corrected chi connectivity index (χ4v) is 5.45. The monoisotopic (exact) mass is 460 g/mol. The van der Waals surface area contributed by atoms with Crippen LogP contribution < -0.4 is 10.0 Å². The third-order valence-corrected chi connectivity index (χ3v) is 7.33. The number of aromatic nitrogens is 1. The van der Waals surface area contributed by atoms with Crippen molar-refractivity contribution in [2.75, 3.05) is 19.6 Å². The van der Waals surface area contributed by atoms with Gasteiger partial charge in [-0.3, -0.25) is 9.59 Å². The maximum Gasteiger partial charge on any atom is 0.257 e. The number of sulfonamides is 1. The molecule has 1 aromatic carbocycles. The normalized spacial score (nSPS) is 14.4. The standard InChI is InChI=1S/C23H32N4O4S/c1-16-7-9-19(10-8-16)15-24-20(28)11-12-25-32(30,31)22-18(3)26-17(2)21(22)23(29)27-13-5-4-6-14-27/h7-10,25-26H,4-6,11-15H2,1-3H3,(H,24,28). The molecule has 3 rings (SSSR count). The number of likely N-dealkylation sites (tertiary alicyclic amines) is 1. The molecule has 1 aromatic heterocycles. The topological polar surface area (TPSA) is 111 Å². The first-order valence-corrected chi connectivity index (χ1v) is 12.5. The summed E-state index contributed by atoms with van der Waals surface area (Å²) in [5.41, 5.74) is 3.26. The molecule has 0 saturated carbocycles. The number of hydrogen-bond acceptors (Lipinski definition) is 4. The summed E-state index contributed by atoms with van der Waals surface area (Å²) >= 11 is 0. The van der Waals surface area contributed by atoms with Gasteiger partial charge in [-0.2, -0.15) is 0 Å². The quantitative estimate of drug-likeness (QED) is 0.562. The van der Waals surface area contributed by atoms with Gasteiger partial charge in [-0.05, 0) is 45.6 Å². The van der Waals surface area contributed by atoms with Gasteiger partial charge in [-0.1, -0.05) is 29.8 Å². The Morgan fingerprint density at radius 3 is 2.31 bits per heavy atom. The molecule has 2 aromatic rings. The van der Waals surface area contributed by atoms with E-state index in [0.29, 0.717) is 31.0 Å². The fraction of sp³-hybridized carbons (Fsp3) is 0.478. The minimum Gasteiger partial charge on any atom is -0.361 e. The van der Waals surface area contributed by atoms with E-state index < -0.39 is 10.0 Å². The van der Waals surface area contributed by atoms with E-state index in [-0.39, 0.29) is 35.2 Å². The Morgan fingerprint density at radius 2 is 1.66 bits per heavy atom. The number of benzene rings is 1. The maximum atomic E-state index is 13.1. The average Bonchev–Trinajstić information content (AvgIpc) is 3.07. The summed E-state index contributed by atoms with van der Waals surface area (Å²) in [5.74, 6) is -0.511. The first kappa shape index (κ1) is 24.0. The molecule has 1 fully saturated rings. The lowest BCUT2D eigenvalue weighted by Crippen LogP contribution is -2.37. The van der Waals surface area contributed by atoms with Crippen LogP contribution in [0.15, 0.2) is 29.2 Å². The molecule has 1 aliphatic rings. The molecule has 0 spiro atoms. The molecule has 1 saturated heterocycles. The van der Waals surface area contributed by atoms with Crippen molar-refractivity contribution in [1.82, 2.24) is 19.9 Å². The number of aryl methyl sites for hydroxylation is 3. The van der Waals surface area contributed by atoms with E-state index in [1.165, 1.54) is 0 Å². The maximum absolute atomic E-state index is 13.1. The van der Waals surface area contributed by atoms with Crippen molar-refractivity contribution in [2.24, 2.45) is 0 Å². The second-order valence-electron chi connectivity index (χ2n) is 8.34. The molecule has 2 amide bonds. The lowest BCUT2D eigenvalue weighted by atomic mass is 10.1. The van der Waals surface area contributed by atoms with Crippen molar-refractivity contribution in [3.8, 4) is 0 Å². The van der Waals surface area contributed by atoms with Gasteiger partial charge in [0, 0.05) is 44.0 Å². The van der Waals surface area contributed by atoms with Crippen molar-refractivity contribution in [3.05, 3.63) is 52.3 Å². The van der Waals surface area contributed by atoms with E-state index in [4.69, 9.17) is 0 Å². The highest BCUT2D eigenvalue weighted by atomic mass is 32.2. The zero-order valence-corrected chi connectivity index (χ0v) is 19.8. The van der Waals surface area contributed by atoms with Gasteiger partial charge in [0.05, 0.1) is 5.56 Å². The Morgan fingerprint density at radius 1 is 1.00 bits per heavy atom. The Bertz CT molecular complexity index is 1070. The fourth-order valence-electron chi connectivity index (χ4n) is 3.97. The van der Waals surface area contributed by atoms with Crippen LogP contribution in [0, 0.1) is 20.8 Å². The van der Waals surface area contributed by atoms with Gasteiger partial charge in [0.15, 0.2) is 0 Å².